The van der Waals surface area contributed by atoms with Gasteiger partial charge >= 0.3 is 0 Å². The molecule has 0 spiro atoms. The number of nitrogens with zero attached hydrogens (tertiary/aromatic N) is 1. The number of aromatic nitrogens is 1. The Morgan fingerprint density at radius 1 is 1.50 bits per heavy atom. The lowest BCUT2D eigenvalue weighted by molar-refractivity contribution is 0.0990. The number of anilines is 1. The van der Waals surface area contributed by atoms with Crippen LogP contribution < -0.4 is 11.5 Å². The van der Waals surface area contributed by atoms with Crippen LogP contribution in [0.5, 0.6) is 0 Å². The fourth-order valence-electron chi connectivity index (χ4n) is 0.860. The first-order valence-corrected chi connectivity index (χ1v) is 3.47. The summed E-state index contributed by atoms with van der Waals surface area (Å²) in [7, 11) is 0. The normalized spacial score (nSPS) is 10.6. The molecule has 0 atom stereocenters. The van der Waals surface area contributed by atoms with Crippen LogP contribution in [0.25, 0.3) is 0 Å². The summed E-state index contributed by atoms with van der Waals surface area (Å²) in [4.78, 5) is 13.7. The summed E-state index contributed by atoms with van der Waals surface area (Å²) in [5.41, 5.74) is 7.44. The van der Waals surface area contributed by atoms with Crippen molar-refractivity contribution in [3.63, 3.8) is 0 Å². The van der Waals surface area contributed by atoms with Gasteiger partial charge in [-0.15, -0.1) is 0 Å². The Hall–Kier alpha value is -1.79. The monoisotopic (exact) mass is 205 g/mol. The molecule has 0 aromatic carbocycles. The highest BCUT2D eigenvalue weighted by molar-refractivity contribution is 5.92. The third kappa shape index (κ3) is 1.61. The molecule has 1 aromatic rings. The zero-order valence-corrected chi connectivity index (χ0v) is 6.80. The molecule has 0 aliphatic rings. The Morgan fingerprint density at radius 2 is 2.07 bits per heavy atom. The van der Waals surface area contributed by atoms with Gasteiger partial charge in [-0.3, -0.25) is 4.79 Å². The number of primary amides is 1. The van der Waals surface area contributed by atoms with Crippen LogP contribution in [0.2, 0.25) is 0 Å². The predicted molar refractivity (Wildman–Crippen MR) is 42.1 cm³/mol. The lowest BCUT2D eigenvalue weighted by atomic mass is 10.2. The van der Waals surface area contributed by atoms with Gasteiger partial charge < -0.3 is 11.5 Å². The molecule has 0 fully saturated rings. The van der Waals surface area contributed by atoms with Gasteiger partial charge in [-0.05, 0) is 0 Å². The van der Waals surface area contributed by atoms with Crippen LogP contribution in [-0.4, -0.2) is 10.9 Å². The molecule has 1 heterocycles. The Morgan fingerprint density at radius 3 is 2.50 bits per heavy atom. The van der Waals surface area contributed by atoms with Gasteiger partial charge in [-0.25, -0.2) is 18.2 Å². The molecule has 0 radical (unpaired) electrons. The van der Waals surface area contributed by atoms with Gasteiger partial charge in [0.15, 0.2) is 11.5 Å². The van der Waals surface area contributed by atoms with E-state index in [1.165, 1.54) is 0 Å². The molecule has 14 heavy (non-hydrogen) atoms. The lowest BCUT2D eigenvalue weighted by Gasteiger charge is -2.06. The van der Waals surface area contributed by atoms with Crippen LogP contribution in [0.3, 0.4) is 0 Å². The zero-order valence-electron chi connectivity index (χ0n) is 6.80. The van der Waals surface area contributed by atoms with Gasteiger partial charge in [0.25, 0.3) is 12.3 Å². The molecule has 4 N–H and O–H groups in total. The molecule has 0 bridgehead atoms. The molecule has 0 aliphatic carbocycles. The number of halogens is 3. The van der Waals surface area contributed by atoms with Gasteiger partial charge in [0.1, 0.15) is 0 Å². The fourth-order valence-corrected chi connectivity index (χ4v) is 0.860. The van der Waals surface area contributed by atoms with E-state index in [4.69, 9.17) is 11.5 Å². The number of carbonyl (C=O) groups excluding carboxylic acids is 1. The Labute approximate surface area is 76.7 Å². The van der Waals surface area contributed by atoms with Crippen LogP contribution in [-0.2, 0) is 0 Å². The summed E-state index contributed by atoms with van der Waals surface area (Å²) in [6, 6.07) is 0. The molecule has 7 heteroatoms. The molecule has 1 aromatic heterocycles. The molecule has 1 rings (SSSR count). The number of rotatable bonds is 2. The molecular weight excluding hydrogens is 199 g/mol. The fraction of sp³-hybridized carbons (Fsp3) is 0.143. The van der Waals surface area contributed by atoms with Gasteiger partial charge in [-0.1, -0.05) is 0 Å². The number of amides is 1. The number of carbonyl (C=O) groups is 1. The van der Waals surface area contributed by atoms with Crippen molar-refractivity contribution >= 4 is 11.6 Å². The second-order valence-electron chi connectivity index (χ2n) is 2.45. The minimum Gasteiger partial charge on any atom is -0.396 e. The summed E-state index contributed by atoms with van der Waals surface area (Å²) in [5.74, 6) is -2.47. The summed E-state index contributed by atoms with van der Waals surface area (Å²) in [5, 5.41) is 0. The van der Waals surface area contributed by atoms with E-state index < -0.39 is 35.1 Å². The first-order valence-electron chi connectivity index (χ1n) is 3.47. The lowest BCUT2D eigenvalue weighted by Crippen LogP contribution is -2.17. The van der Waals surface area contributed by atoms with Crippen molar-refractivity contribution in [2.75, 3.05) is 5.73 Å². The summed E-state index contributed by atoms with van der Waals surface area (Å²) < 4.78 is 37.3. The highest BCUT2D eigenvalue weighted by atomic mass is 19.3. The first-order chi connectivity index (χ1) is 6.45. The standard InChI is InChI=1S/C7H6F3N3O/c8-3-4(11)2(6(9)10)1-13-5(3)7(12)14/h1,6H,(H2,11,13)(H2,12,14). The SMILES string of the molecule is NC(=O)c1ncc(C(F)F)c(N)c1F. The number of hydrogen-bond donors (Lipinski definition) is 2. The summed E-state index contributed by atoms with van der Waals surface area (Å²) >= 11 is 0. The van der Waals surface area contributed by atoms with Crippen molar-refractivity contribution in [2.45, 2.75) is 6.43 Å². The maximum absolute atomic E-state index is 13.1. The maximum Gasteiger partial charge on any atom is 0.270 e. The Kier molecular flexibility index (Phi) is 2.59. The van der Waals surface area contributed by atoms with Gasteiger partial charge in [0, 0.05) is 6.20 Å². The molecule has 4 nitrogen and oxygen atoms in total. The van der Waals surface area contributed by atoms with Crippen molar-refractivity contribution in [3.8, 4) is 0 Å². The van der Waals surface area contributed by atoms with Gasteiger partial charge in [0.2, 0.25) is 0 Å². The average molecular weight is 205 g/mol. The van der Waals surface area contributed by atoms with Crippen molar-refractivity contribution < 1.29 is 18.0 Å². The van der Waals surface area contributed by atoms with E-state index in [-0.39, 0.29) is 0 Å². The summed E-state index contributed by atoms with van der Waals surface area (Å²) in [6.07, 6.45) is -2.32. The van der Waals surface area contributed by atoms with Crippen LogP contribution in [0, 0.1) is 5.82 Å². The van der Waals surface area contributed by atoms with E-state index in [1.54, 1.807) is 0 Å². The molecule has 0 saturated heterocycles. The molecule has 76 valence electrons. The largest absolute Gasteiger partial charge is 0.396 e. The molecular formula is C7H6F3N3O. The van der Waals surface area contributed by atoms with Crippen molar-refractivity contribution in [1.82, 2.24) is 4.98 Å². The van der Waals surface area contributed by atoms with Crippen molar-refractivity contribution in [3.05, 3.63) is 23.3 Å². The molecule has 1 amide bonds. The second kappa shape index (κ2) is 3.52. The quantitative estimate of drug-likeness (QED) is 0.750. The zero-order chi connectivity index (χ0) is 10.9. The minimum absolute atomic E-state index is 0.628. The van der Waals surface area contributed by atoms with E-state index in [9.17, 15) is 18.0 Å². The van der Waals surface area contributed by atoms with E-state index in [2.05, 4.69) is 4.98 Å². The number of nitrogens with two attached hydrogens (primary N) is 2. The van der Waals surface area contributed by atoms with Crippen molar-refractivity contribution in [2.24, 2.45) is 5.73 Å². The number of nitrogen functional groups attached to an aromatic ring is 1. The number of hydrogen-bond acceptors (Lipinski definition) is 3. The minimum atomic E-state index is -2.95. The topological polar surface area (TPSA) is 82.0 Å². The van der Waals surface area contributed by atoms with Gasteiger partial charge in [-0.2, -0.15) is 0 Å². The highest BCUT2D eigenvalue weighted by Crippen LogP contribution is 2.26. The number of alkyl halides is 2. The van der Waals surface area contributed by atoms with Crippen LogP contribution in [0.1, 0.15) is 22.5 Å². The third-order valence-corrected chi connectivity index (χ3v) is 1.56. The maximum atomic E-state index is 13.1. The van der Waals surface area contributed by atoms with E-state index in [0.717, 1.165) is 0 Å². The van der Waals surface area contributed by atoms with Crippen molar-refractivity contribution in [1.29, 1.82) is 0 Å². The predicted octanol–water partition coefficient (Wildman–Crippen LogP) is 0.839. The molecule has 0 unspecified atom stereocenters. The van der Waals surface area contributed by atoms with Crippen LogP contribution in [0.15, 0.2) is 6.20 Å². The average Bonchev–Trinajstić information content (AvgIpc) is 2.08. The van der Waals surface area contributed by atoms with E-state index >= 15 is 0 Å². The van der Waals surface area contributed by atoms with Crippen LogP contribution >= 0.6 is 0 Å². The summed E-state index contributed by atoms with van der Waals surface area (Å²) in [6.45, 7) is 0. The highest BCUT2D eigenvalue weighted by Gasteiger charge is 2.20. The molecule has 0 aliphatic heterocycles. The van der Waals surface area contributed by atoms with Crippen LogP contribution in [0.4, 0.5) is 18.9 Å². The smallest absolute Gasteiger partial charge is 0.270 e. The second-order valence-corrected chi connectivity index (χ2v) is 2.45. The Bertz CT molecular complexity index is 381. The molecule has 0 saturated carbocycles. The first kappa shape index (κ1) is 10.3. The van der Waals surface area contributed by atoms with Gasteiger partial charge in [0.05, 0.1) is 11.3 Å². The number of pyridine rings is 1. The van der Waals surface area contributed by atoms with E-state index in [1.807, 2.05) is 0 Å². The van der Waals surface area contributed by atoms with E-state index in [0.29, 0.717) is 6.20 Å². The Balaban J connectivity index is 3.33. The third-order valence-electron chi connectivity index (χ3n) is 1.56.